The van der Waals surface area contributed by atoms with Gasteiger partial charge < -0.3 is 26.2 Å². The van der Waals surface area contributed by atoms with Crippen LogP contribution in [0.25, 0.3) is 10.2 Å². The van der Waals surface area contributed by atoms with Crippen molar-refractivity contribution in [3.8, 4) is 0 Å². The number of carbonyl (C=O) groups excluding carboxylic acids is 4. The molecular formula is C39H36Cl2N8O4S. The van der Waals surface area contributed by atoms with Gasteiger partial charge in [0.1, 0.15) is 12.2 Å². The van der Waals surface area contributed by atoms with Crippen LogP contribution in [0.5, 0.6) is 0 Å². The van der Waals surface area contributed by atoms with Gasteiger partial charge in [-0.15, -0.1) is 6.58 Å². The molecule has 276 valence electrons. The SMILES string of the molecule is C=CCN(C(=O)NCc1ccc(Cl)c(Cl)c1)N1CC(=O)N2[C@@H](Cc3ccc(NC(=O)c4ccccc4)cc3)C(=O)N(Cc3cccc4sc(N)nc34)C[C@@H]21. The average Bonchev–Trinajstić information content (AvgIpc) is 3.72. The van der Waals surface area contributed by atoms with E-state index in [0.29, 0.717) is 31.9 Å². The van der Waals surface area contributed by atoms with Crippen LogP contribution in [-0.4, -0.2) is 80.4 Å². The molecule has 2 aliphatic rings. The molecule has 0 radical (unpaired) electrons. The number of anilines is 2. The smallest absolute Gasteiger partial charge is 0.332 e. The zero-order valence-corrected chi connectivity index (χ0v) is 31.3. The van der Waals surface area contributed by atoms with E-state index in [2.05, 4.69) is 22.2 Å². The van der Waals surface area contributed by atoms with Gasteiger partial charge in [0.25, 0.3) is 5.91 Å². The first-order valence-electron chi connectivity index (χ1n) is 17.2. The molecule has 2 atom stereocenters. The number of nitrogens with zero attached hydrogens (tertiary/aromatic N) is 5. The fraction of sp³-hybridized carbons (Fsp3) is 0.205. The van der Waals surface area contributed by atoms with Crippen molar-refractivity contribution in [1.29, 1.82) is 0 Å². The summed E-state index contributed by atoms with van der Waals surface area (Å²) in [4.78, 5) is 62.8. The lowest BCUT2D eigenvalue weighted by molar-refractivity contribution is -0.157. The highest BCUT2D eigenvalue weighted by Crippen LogP contribution is 2.33. The second-order valence-corrected chi connectivity index (χ2v) is 14.8. The van der Waals surface area contributed by atoms with Gasteiger partial charge in [-0.25, -0.2) is 9.78 Å². The third-order valence-electron chi connectivity index (χ3n) is 9.40. The summed E-state index contributed by atoms with van der Waals surface area (Å²) in [6, 6.07) is 25.6. The molecule has 2 aliphatic heterocycles. The molecule has 12 nitrogen and oxygen atoms in total. The molecule has 5 aromatic rings. The maximum Gasteiger partial charge on any atom is 0.332 e. The Balaban J connectivity index is 1.16. The predicted octanol–water partition coefficient (Wildman–Crippen LogP) is 6.17. The van der Waals surface area contributed by atoms with Crippen molar-refractivity contribution in [1.82, 2.24) is 30.1 Å². The van der Waals surface area contributed by atoms with Gasteiger partial charge in [-0.2, -0.15) is 5.01 Å². The number of benzene rings is 4. The third kappa shape index (κ3) is 7.75. The molecular weight excluding hydrogens is 747 g/mol. The fourth-order valence-corrected chi connectivity index (χ4v) is 7.93. The summed E-state index contributed by atoms with van der Waals surface area (Å²) in [5.41, 5.74) is 10.2. The molecule has 4 aromatic carbocycles. The van der Waals surface area contributed by atoms with Crippen molar-refractivity contribution in [2.45, 2.75) is 31.7 Å². The van der Waals surface area contributed by atoms with Gasteiger partial charge >= 0.3 is 6.03 Å². The average molecular weight is 784 g/mol. The minimum atomic E-state index is -0.879. The molecule has 2 fully saturated rings. The minimum Gasteiger partial charge on any atom is -0.375 e. The lowest BCUT2D eigenvalue weighted by Crippen LogP contribution is -2.66. The van der Waals surface area contributed by atoms with Crippen LogP contribution in [0.1, 0.15) is 27.0 Å². The standard InChI is InChI=1S/C39H36Cl2N8O4S/c1-2-17-47(39(53)43-20-25-13-16-29(40)30(41)18-25)48-23-34(50)49-31(19-24-11-14-28(15-12-24)44-36(51)26-7-4-3-5-8-26)37(52)46(22-33(48)49)21-27-9-6-10-32-35(27)45-38(42)54-32/h2-16,18,31,33H,1,17,19-23H2,(H2,42,45)(H,43,53)(H,44,51)/t31-,33+/m0/s1. The molecule has 3 heterocycles. The van der Waals surface area contributed by atoms with E-state index >= 15 is 0 Å². The van der Waals surface area contributed by atoms with E-state index in [1.54, 1.807) is 75.5 Å². The van der Waals surface area contributed by atoms with Crippen LogP contribution in [0, 0.1) is 0 Å². The van der Waals surface area contributed by atoms with Crippen molar-refractivity contribution in [3.63, 3.8) is 0 Å². The highest BCUT2D eigenvalue weighted by atomic mass is 35.5. The first-order valence-corrected chi connectivity index (χ1v) is 18.7. The Labute approximate surface area is 325 Å². The lowest BCUT2D eigenvalue weighted by Gasteiger charge is -2.46. The molecule has 0 unspecified atom stereocenters. The minimum absolute atomic E-state index is 0.108. The van der Waals surface area contributed by atoms with Gasteiger partial charge in [-0.05, 0) is 59.2 Å². The molecule has 1 aromatic heterocycles. The van der Waals surface area contributed by atoms with Crippen LogP contribution < -0.4 is 16.4 Å². The van der Waals surface area contributed by atoms with E-state index in [-0.39, 0.29) is 56.9 Å². The topological polar surface area (TPSA) is 144 Å². The number of carbonyl (C=O) groups is 4. The van der Waals surface area contributed by atoms with Gasteiger partial charge in [0.15, 0.2) is 5.13 Å². The van der Waals surface area contributed by atoms with Crippen LogP contribution in [-0.2, 0) is 29.1 Å². The monoisotopic (exact) mass is 782 g/mol. The summed E-state index contributed by atoms with van der Waals surface area (Å²) in [5, 5.41) is 10.2. The first-order chi connectivity index (χ1) is 26.1. The molecule has 15 heteroatoms. The van der Waals surface area contributed by atoms with Crippen molar-refractivity contribution in [2.24, 2.45) is 0 Å². The second kappa shape index (κ2) is 15.9. The first kappa shape index (κ1) is 36.9. The van der Waals surface area contributed by atoms with Crippen molar-refractivity contribution < 1.29 is 19.2 Å². The van der Waals surface area contributed by atoms with Gasteiger partial charge in [0, 0.05) is 30.8 Å². The van der Waals surface area contributed by atoms with Crippen LogP contribution in [0.4, 0.5) is 15.6 Å². The molecule has 5 amide bonds. The number of thiazole rings is 1. The van der Waals surface area contributed by atoms with E-state index in [4.69, 9.17) is 28.9 Å². The number of urea groups is 1. The molecule has 0 aliphatic carbocycles. The number of amides is 5. The van der Waals surface area contributed by atoms with E-state index in [1.807, 2.05) is 36.4 Å². The summed E-state index contributed by atoms with van der Waals surface area (Å²) in [5.74, 6) is -0.762. The largest absolute Gasteiger partial charge is 0.375 e. The second-order valence-electron chi connectivity index (χ2n) is 12.9. The van der Waals surface area contributed by atoms with E-state index in [0.717, 1.165) is 21.4 Å². The Hall–Kier alpha value is -5.47. The Bertz CT molecular complexity index is 2240. The summed E-state index contributed by atoms with van der Waals surface area (Å²) in [6.07, 6.45) is 1.12. The summed E-state index contributed by atoms with van der Waals surface area (Å²) in [7, 11) is 0. The molecule has 7 rings (SSSR count). The molecule has 2 saturated heterocycles. The summed E-state index contributed by atoms with van der Waals surface area (Å²) in [6.45, 7) is 4.36. The van der Waals surface area contributed by atoms with Crippen LogP contribution >= 0.6 is 34.5 Å². The molecule has 0 bridgehead atoms. The van der Waals surface area contributed by atoms with Crippen molar-refractivity contribution >= 4 is 79.3 Å². The molecule has 0 spiro atoms. The van der Waals surface area contributed by atoms with Crippen LogP contribution in [0.3, 0.4) is 0 Å². The maximum atomic E-state index is 14.5. The number of nitrogens with two attached hydrogens (primary N) is 1. The van der Waals surface area contributed by atoms with Crippen molar-refractivity contribution in [2.75, 3.05) is 30.7 Å². The summed E-state index contributed by atoms with van der Waals surface area (Å²) >= 11 is 13.6. The molecule has 4 N–H and O–H groups in total. The Morgan fingerprint density at radius 1 is 0.981 bits per heavy atom. The quantitative estimate of drug-likeness (QED) is 0.136. The van der Waals surface area contributed by atoms with Gasteiger partial charge in [-0.1, -0.05) is 89.1 Å². The Kier molecular flexibility index (Phi) is 10.8. The van der Waals surface area contributed by atoms with Crippen molar-refractivity contribution in [3.05, 3.63) is 136 Å². The third-order valence-corrected chi connectivity index (χ3v) is 11.0. The zero-order valence-electron chi connectivity index (χ0n) is 29.0. The molecule has 0 saturated carbocycles. The highest BCUT2D eigenvalue weighted by Gasteiger charge is 2.52. The molecule has 54 heavy (non-hydrogen) atoms. The number of hydrazine groups is 1. The maximum absolute atomic E-state index is 14.5. The predicted molar refractivity (Wildman–Crippen MR) is 211 cm³/mol. The number of fused-ring (bicyclic) bond motifs is 2. The lowest BCUT2D eigenvalue weighted by atomic mass is 9.99. The number of halogens is 2. The van der Waals surface area contributed by atoms with Crippen LogP contribution in [0.2, 0.25) is 10.0 Å². The number of hydrogen-bond donors (Lipinski definition) is 3. The number of aromatic nitrogens is 1. The van der Waals surface area contributed by atoms with Gasteiger partial charge in [-0.3, -0.25) is 19.4 Å². The number of piperazine rings is 1. The Morgan fingerprint density at radius 3 is 2.48 bits per heavy atom. The number of nitrogen functional groups attached to an aromatic ring is 1. The van der Waals surface area contributed by atoms with E-state index in [9.17, 15) is 19.2 Å². The van der Waals surface area contributed by atoms with Gasteiger partial charge in [0.2, 0.25) is 11.8 Å². The van der Waals surface area contributed by atoms with Gasteiger partial charge in [0.05, 0.1) is 39.9 Å². The summed E-state index contributed by atoms with van der Waals surface area (Å²) < 4.78 is 0.903. The number of rotatable bonds is 11. The number of para-hydroxylation sites is 1. The fourth-order valence-electron chi connectivity index (χ4n) is 6.83. The number of nitrogens with one attached hydrogen (secondary N) is 2. The normalized spacial score (nSPS) is 17.1. The Morgan fingerprint density at radius 2 is 1.74 bits per heavy atom. The number of hydrogen-bond acceptors (Lipinski definition) is 8. The van der Waals surface area contributed by atoms with Crippen LogP contribution in [0.15, 0.2) is 104 Å². The van der Waals surface area contributed by atoms with E-state index in [1.165, 1.54) is 16.3 Å². The van der Waals surface area contributed by atoms with E-state index < -0.39 is 18.2 Å². The zero-order chi connectivity index (χ0) is 37.9. The highest BCUT2D eigenvalue weighted by molar-refractivity contribution is 7.22.